The molecule has 5 rings (SSSR count). The molecule has 122 valence electrons. The summed E-state index contributed by atoms with van der Waals surface area (Å²) in [5, 5.41) is 12.1. The van der Waals surface area contributed by atoms with E-state index in [1.165, 1.54) is 6.42 Å². The summed E-state index contributed by atoms with van der Waals surface area (Å²) in [6, 6.07) is 10.3. The van der Waals surface area contributed by atoms with E-state index in [4.69, 9.17) is 0 Å². The molecule has 5 atom stereocenters. The maximum Gasteiger partial charge on any atom is 0.0952 e. The first-order valence-corrected chi connectivity index (χ1v) is 8.16. The van der Waals surface area contributed by atoms with Gasteiger partial charge in [-0.1, -0.05) is 24.3 Å². The van der Waals surface area contributed by atoms with Gasteiger partial charge < -0.3 is 5.11 Å². The second kappa shape index (κ2) is 6.60. The quantitative estimate of drug-likeness (QED) is 0.874. The van der Waals surface area contributed by atoms with E-state index in [0.717, 1.165) is 36.0 Å². The first-order chi connectivity index (χ1) is 10.8. The molecule has 2 aromatic rings. The molecule has 0 spiro atoms. The first-order valence-electron chi connectivity index (χ1n) is 8.16. The summed E-state index contributed by atoms with van der Waals surface area (Å²) in [6.45, 7) is 6.11. The van der Waals surface area contributed by atoms with Gasteiger partial charge in [0.25, 0.3) is 0 Å². The Kier molecular flexibility index (Phi) is 4.72. The molecule has 1 aromatic heterocycles. The molecule has 3 saturated heterocycles. The smallest absolute Gasteiger partial charge is 0.0952 e. The monoisotopic (exact) mass is 330 g/mol. The van der Waals surface area contributed by atoms with Crippen LogP contribution >= 0.6 is 12.4 Å². The molecule has 3 nitrogen and oxygen atoms in total. The highest BCUT2D eigenvalue weighted by Gasteiger charge is 2.42. The maximum absolute atomic E-state index is 11.0. The van der Waals surface area contributed by atoms with Gasteiger partial charge in [-0.15, -0.1) is 19.0 Å². The number of para-hydroxylation sites is 1. The van der Waals surface area contributed by atoms with Gasteiger partial charge >= 0.3 is 0 Å². The molecule has 3 aliphatic heterocycles. The van der Waals surface area contributed by atoms with Crippen LogP contribution in [0.3, 0.4) is 0 Å². The lowest BCUT2D eigenvalue weighted by atomic mass is 9.73. The summed E-state index contributed by atoms with van der Waals surface area (Å²) >= 11 is 0. The number of nitrogens with zero attached hydrogens (tertiary/aromatic N) is 2. The average Bonchev–Trinajstić information content (AvgIpc) is 2.60. The van der Waals surface area contributed by atoms with Gasteiger partial charge in [-0.2, -0.15) is 0 Å². The predicted molar refractivity (Wildman–Crippen MR) is 95.7 cm³/mol. The SMILES string of the molecule is C=C[C@H]1C[N@]2CC[C@H]1C[C@H]2[C@H](O)c1ccnc2ccccc12.Cl. The van der Waals surface area contributed by atoms with E-state index in [-0.39, 0.29) is 18.4 Å². The number of aliphatic hydroxyl groups is 1. The Morgan fingerprint density at radius 3 is 2.87 bits per heavy atom. The van der Waals surface area contributed by atoms with E-state index in [9.17, 15) is 5.11 Å². The van der Waals surface area contributed by atoms with E-state index in [0.29, 0.717) is 11.8 Å². The van der Waals surface area contributed by atoms with Gasteiger partial charge in [0.2, 0.25) is 0 Å². The molecule has 0 aliphatic carbocycles. The minimum Gasteiger partial charge on any atom is -0.387 e. The van der Waals surface area contributed by atoms with Crippen LogP contribution in [0, 0.1) is 11.8 Å². The molecular weight excluding hydrogens is 308 g/mol. The summed E-state index contributed by atoms with van der Waals surface area (Å²) < 4.78 is 0. The minimum absolute atomic E-state index is 0. The molecule has 3 aliphatic rings. The number of piperidine rings is 3. The van der Waals surface area contributed by atoms with Crippen LogP contribution < -0.4 is 0 Å². The largest absolute Gasteiger partial charge is 0.387 e. The van der Waals surface area contributed by atoms with Crippen LogP contribution in [-0.2, 0) is 0 Å². The Hall–Kier alpha value is -1.42. The van der Waals surface area contributed by atoms with E-state index >= 15 is 0 Å². The third-order valence-electron chi connectivity index (χ3n) is 5.52. The van der Waals surface area contributed by atoms with E-state index in [1.807, 2.05) is 30.5 Å². The molecule has 0 unspecified atom stereocenters. The Balaban J connectivity index is 0.00000156. The Bertz CT molecular complexity index is 699. The topological polar surface area (TPSA) is 36.4 Å². The lowest BCUT2D eigenvalue weighted by molar-refractivity contribution is -0.0444. The van der Waals surface area contributed by atoms with Crippen LogP contribution in [0.25, 0.3) is 10.9 Å². The third-order valence-corrected chi connectivity index (χ3v) is 5.52. The van der Waals surface area contributed by atoms with Crippen molar-refractivity contribution in [2.45, 2.75) is 25.0 Å². The standard InChI is InChI=1S/C19H22N2O.ClH/c1-2-13-12-21-10-8-14(13)11-18(21)19(22)16-7-9-20-17-6-4-3-5-15(16)17;/h2-7,9,13-14,18-19,22H,1,8,10-12H2;1H/t13-,14-,18-,19+;/m0./s1. The van der Waals surface area contributed by atoms with Crippen LogP contribution in [0.2, 0.25) is 0 Å². The molecular formula is C19H23ClN2O. The minimum atomic E-state index is -0.443. The zero-order valence-corrected chi connectivity index (χ0v) is 14.0. The van der Waals surface area contributed by atoms with Crippen molar-refractivity contribution in [1.82, 2.24) is 9.88 Å². The van der Waals surface area contributed by atoms with Gasteiger partial charge in [0.1, 0.15) is 0 Å². The molecule has 1 N–H and O–H groups in total. The van der Waals surface area contributed by atoms with Crippen LogP contribution in [-0.4, -0.2) is 34.1 Å². The number of hydrogen-bond acceptors (Lipinski definition) is 3. The summed E-state index contributed by atoms with van der Waals surface area (Å²) in [4.78, 5) is 6.86. The van der Waals surface area contributed by atoms with Crippen molar-refractivity contribution in [3.05, 3.63) is 54.7 Å². The molecule has 2 bridgehead atoms. The number of aromatic nitrogens is 1. The Morgan fingerprint density at radius 1 is 1.30 bits per heavy atom. The number of fused-ring (bicyclic) bond motifs is 4. The summed E-state index contributed by atoms with van der Waals surface area (Å²) in [6.07, 6.45) is 5.76. The van der Waals surface area contributed by atoms with Gasteiger partial charge in [0.05, 0.1) is 11.6 Å². The fourth-order valence-electron chi connectivity index (χ4n) is 4.29. The fraction of sp³-hybridized carbons (Fsp3) is 0.421. The third kappa shape index (κ3) is 2.78. The molecule has 4 heteroatoms. The van der Waals surface area contributed by atoms with Crippen LogP contribution in [0.5, 0.6) is 0 Å². The molecule has 0 radical (unpaired) electrons. The number of hydrogen-bond donors (Lipinski definition) is 1. The first kappa shape index (κ1) is 16.4. The van der Waals surface area contributed by atoms with E-state index in [1.54, 1.807) is 0 Å². The number of aliphatic hydroxyl groups excluding tert-OH is 1. The Morgan fingerprint density at radius 2 is 2.13 bits per heavy atom. The lowest BCUT2D eigenvalue weighted by Crippen LogP contribution is -2.54. The zero-order valence-electron chi connectivity index (χ0n) is 13.1. The molecule has 0 amide bonds. The molecule has 0 saturated carbocycles. The number of pyridine rings is 1. The van der Waals surface area contributed by atoms with Gasteiger partial charge in [0, 0.05) is 24.2 Å². The van der Waals surface area contributed by atoms with Crippen molar-refractivity contribution in [2.75, 3.05) is 13.1 Å². The normalized spacial score (nSPS) is 30.7. The second-order valence-corrected chi connectivity index (χ2v) is 6.61. The molecule has 1 aromatic carbocycles. The van der Waals surface area contributed by atoms with Crippen molar-refractivity contribution in [3.8, 4) is 0 Å². The highest BCUT2D eigenvalue weighted by Crippen LogP contribution is 2.41. The van der Waals surface area contributed by atoms with Gasteiger partial charge in [-0.05, 0) is 48.9 Å². The van der Waals surface area contributed by atoms with Crippen LogP contribution in [0.4, 0.5) is 0 Å². The number of rotatable bonds is 3. The van der Waals surface area contributed by atoms with Crippen molar-refractivity contribution in [1.29, 1.82) is 0 Å². The summed E-state index contributed by atoms with van der Waals surface area (Å²) in [5.74, 6) is 1.27. The van der Waals surface area contributed by atoms with Gasteiger partial charge in [-0.3, -0.25) is 9.88 Å². The van der Waals surface area contributed by atoms with Crippen LogP contribution in [0.15, 0.2) is 49.2 Å². The van der Waals surface area contributed by atoms with Crippen LogP contribution in [0.1, 0.15) is 24.5 Å². The maximum atomic E-state index is 11.0. The molecule has 4 heterocycles. The van der Waals surface area contributed by atoms with Gasteiger partial charge in [0.15, 0.2) is 0 Å². The number of halogens is 1. The van der Waals surface area contributed by atoms with Gasteiger partial charge in [-0.25, -0.2) is 0 Å². The van der Waals surface area contributed by atoms with Crippen molar-refractivity contribution in [2.24, 2.45) is 11.8 Å². The molecule has 23 heavy (non-hydrogen) atoms. The molecule has 3 fully saturated rings. The Labute approximate surface area is 143 Å². The van der Waals surface area contributed by atoms with E-state index in [2.05, 4.69) is 28.6 Å². The highest BCUT2D eigenvalue weighted by molar-refractivity contribution is 5.85. The van der Waals surface area contributed by atoms with E-state index < -0.39 is 6.10 Å². The summed E-state index contributed by atoms with van der Waals surface area (Å²) in [5.41, 5.74) is 1.97. The van der Waals surface area contributed by atoms with Crippen molar-refractivity contribution >= 4 is 23.3 Å². The number of benzene rings is 1. The highest BCUT2D eigenvalue weighted by atomic mass is 35.5. The van der Waals surface area contributed by atoms with Crippen molar-refractivity contribution < 1.29 is 5.11 Å². The zero-order chi connectivity index (χ0) is 15.1. The predicted octanol–water partition coefficient (Wildman–Crippen LogP) is 3.59. The summed E-state index contributed by atoms with van der Waals surface area (Å²) in [7, 11) is 0. The fourth-order valence-corrected chi connectivity index (χ4v) is 4.29. The second-order valence-electron chi connectivity index (χ2n) is 6.61. The lowest BCUT2D eigenvalue weighted by Gasteiger charge is -2.50. The average molecular weight is 331 g/mol. The van der Waals surface area contributed by atoms with Crippen molar-refractivity contribution in [3.63, 3.8) is 0 Å².